The number of sulfonamides is 1. The Morgan fingerprint density at radius 1 is 1.29 bits per heavy atom. The maximum absolute atomic E-state index is 12.1. The third-order valence-corrected chi connectivity index (χ3v) is 4.93. The van der Waals surface area contributed by atoms with Gasteiger partial charge in [-0.15, -0.1) is 0 Å². The summed E-state index contributed by atoms with van der Waals surface area (Å²) in [5, 5.41) is 2.52. The number of nitrogens with one attached hydrogen (secondary N) is 2. The van der Waals surface area contributed by atoms with Gasteiger partial charge in [0, 0.05) is 5.69 Å². The summed E-state index contributed by atoms with van der Waals surface area (Å²) in [6.07, 6.45) is -2.27. The molecular weight excluding hydrogens is 367 g/mol. The molecule has 0 aliphatic carbocycles. The number of halogens is 3. The number of rotatable bonds is 8. The highest BCUT2D eigenvalue weighted by atomic mass is 32.2. The molecule has 1 aromatic rings. The topological polar surface area (TPSA) is 101 Å². The van der Waals surface area contributed by atoms with Crippen LogP contribution in [0.25, 0.3) is 0 Å². The maximum Gasteiger partial charge on any atom is 0.402 e. The zero-order valence-electron chi connectivity index (χ0n) is 12.8. The van der Waals surface area contributed by atoms with Gasteiger partial charge in [0.25, 0.3) is 0 Å². The van der Waals surface area contributed by atoms with Gasteiger partial charge in [-0.2, -0.15) is 24.9 Å². The summed E-state index contributed by atoms with van der Waals surface area (Å²) in [5.74, 6) is 0.297. The molecule has 136 valence electrons. The van der Waals surface area contributed by atoms with Crippen LogP contribution in [0.2, 0.25) is 0 Å². The lowest BCUT2D eigenvalue weighted by atomic mass is 10.2. The predicted molar refractivity (Wildman–Crippen MR) is 87.3 cm³/mol. The van der Waals surface area contributed by atoms with Gasteiger partial charge >= 0.3 is 6.18 Å². The number of hydrogen-bond donors (Lipinski definition) is 3. The van der Waals surface area contributed by atoms with Crippen LogP contribution in [0.1, 0.15) is 6.42 Å². The molecule has 11 heteroatoms. The molecule has 0 radical (unpaired) electrons. The Morgan fingerprint density at radius 3 is 2.38 bits per heavy atom. The zero-order valence-corrected chi connectivity index (χ0v) is 14.4. The minimum absolute atomic E-state index is 0.300. The minimum atomic E-state index is -4.64. The molecule has 0 bridgehead atoms. The second kappa shape index (κ2) is 8.70. The summed E-state index contributed by atoms with van der Waals surface area (Å²) in [7, 11) is -4.28. The smallest absolute Gasteiger partial charge is 0.325 e. The van der Waals surface area contributed by atoms with E-state index in [1.165, 1.54) is 16.9 Å². The van der Waals surface area contributed by atoms with Crippen LogP contribution < -0.4 is 15.8 Å². The van der Waals surface area contributed by atoms with Crippen molar-refractivity contribution in [2.24, 2.45) is 5.73 Å². The average Bonchev–Trinajstić information content (AvgIpc) is 2.50. The fourth-order valence-corrected chi connectivity index (χ4v) is 3.09. The normalized spacial score (nSPS) is 13.5. The van der Waals surface area contributed by atoms with Crippen LogP contribution in [-0.2, 0) is 14.8 Å². The highest BCUT2D eigenvalue weighted by Gasteiger charge is 2.30. The third kappa shape index (κ3) is 7.07. The molecule has 0 aliphatic rings. The number of carbonyl (C=O) groups excluding carboxylic acids is 1. The van der Waals surface area contributed by atoms with Crippen molar-refractivity contribution < 1.29 is 26.4 Å². The predicted octanol–water partition coefficient (Wildman–Crippen LogP) is 1.55. The van der Waals surface area contributed by atoms with Crippen LogP contribution in [0.3, 0.4) is 0 Å². The van der Waals surface area contributed by atoms with Gasteiger partial charge in [-0.3, -0.25) is 4.79 Å². The lowest BCUT2D eigenvalue weighted by Crippen LogP contribution is -2.36. The summed E-state index contributed by atoms with van der Waals surface area (Å²) < 4.78 is 61.1. The number of carbonyl (C=O) groups is 1. The lowest BCUT2D eigenvalue weighted by molar-refractivity contribution is -0.121. The maximum atomic E-state index is 12.1. The quantitative estimate of drug-likeness (QED) is 0.630. The largest absolute Gasteiger partial charge is 0.402 e. The number of nitrogens with two attached hydrogens (primary N) is 1. The molecule has 1 atom stereocenters. The first kappa shape index (κ1) is 20.7. The summed E-state index contributed by atoms with van der Waals surface area (Å²) >= 11 is 1.55. The van der Waals surface area contributed by atoms with Crippen LogP contribution in [0.4, 0.5) is 18.9 Å². The van der Waals surface area contributed by atoms with E-state index in [4.69, 9.17) is 5.73 Å². The van der Waals surface area contributed by atoms with E-state index in [2.05, 4.69) is 5.32 Å². The van der Waals surface area contributed by atoms with Crippen molar-refractivity contribution in [3.05, 3.63) is 24.3 Å². The monoisotopic (exact) mass is 385 g/mol. The van der Waals surface area contributed by atoms with Gasteiger partial charge in [-0.25, -0.2) is 13.1 Å². The van der Waals surface area contributed by atoms with Gasteiger partial charge in [0.1, 0.15) is 6.54 Å². The van der Waals surface area contributed by atoms with Gasteiger partial charge in [-0.1, -0.05) is 0 Å². The summed E-state index contributed by atoms with van der Waals surface area (Å²) in [6, 6.07) is 4.06. The highest BCUT2D eigenvalue weighted by Crippen LogP contribution is 2.17. The van der Waals surface area contributed by atoms with E-state index in [1.54, 1.807) is 11.8 Å². The number of thioether (sulfide) groups is 1. The first-order chi connectivity index (χ1) is 11.0. The van der Waals surface area contributed by atoms with Crippen molar-refractivity contribution in [1.29, 1.82) is 0 Å². The highest BCUT2D eigenvalue weighted by molar-refractivity contribution is 7.98. The summed E-state index contributed by atoms with van der Waals surface area (Å²) in [4.78, 5) is 11.5. The van der Waals surface area contributed by atoms with E-state index in [0.29, 0.717) is 12.1 Å². The minimum Gasteiger partial charge on any atom is -0.325 e. The molecule has 0 aliphatic heterocycles. The Balaban J connectivity index is 2.70. The van der Waals surface area contributed by atoms with E-state index in [0.717, 1.165) is 17.9 Å². The second-order valence-corrected chi connectivity index (χ2v) is 7.59. The Morgan fingerprint density at radius 2 is 1.88 bits per heavy atom. The number of anilines is 1. The molecule has 24 heavy (non-hydrogen) atoms. The van der Waals surface area contributed by atoms with Crippen molar-refractivity contribution in [1.82, 2.24) is 4.72 Å². The fourth-order valence-electron chi connectivity index (χ4n) is 1.59. The molecule has 1 rings (SSSR count). The number of alkyl halides is 3. The number of amides is 1. The van der Waals surface area contributed by atoms with E-state index in [1.807, 2.05) is 6.26 Å². The average molecular weight is 385 g/mol. The van der Waals surface area contributed by atoms with Crippen molar-refractivity contribution in [3.63, 3.8) is 0 Å². The number of hydrogen-bond acceptors (Lipinski definition) is 5. The van der Waals surface area contributed by atoms with Crippen LogP contribution in [-0.4, -0.2) is 45.1 Å². The van der Waals surface area contributed by atoms with Crippen LogP contribution in [0.15, 0.2) is 29.2 Å². The molecular formula is C13H18F3N3O3S2. The van der Waals surface area contributed by atoms with E-state index < -0.39 is 34.7 Å². The van der Waals surface area contributed by atoms with Crippen molar-refractivity contribution in [2.45, 2.75) is 23.5 Å². The van der Waals surface area contributed by atoms with Crippen molar-refractivity contribution in [2.75, 3.05) is 23.9 Å². The van der Waals surface area contributed by atoms with Crippen LogP contribution in [0, 0.1) is 0 Å². The SMILES string of the molecule is CSCC[C@H](N)C(=O)Nc1ccc(S(=O)(=O)NCC(F)(F)F)cc1. The number of benzene rings is 1. The molecule has 0 fully saturated rings. The van der Waals surface area contributed by atoms with Crippen molar-refractivity contribution in [3.8, 4) is 0 Å². The Labute approximate surface area is 142 Å². The van der Waals surface area contributed by atoms with Gasteiger partial charge in [-0.05, 0) is 42.7 Å². The van der Waals surface area contributed by atoms with Gasteiger partial charge in [0.05, 0.1) is 10.9 Å². The fraction of sp³-hybridized carbons (Fsp3) is 0.462. The Bertz CT molecular complexity index is 649. The summed E-state index contributed by atoms with van der Waals surface area (Å²) in [6.45, 7) is -1.65. The van der Waals surface area contributed by atoms with E-state index >= 15 is 0 Å². The molecule has 0 saturated heterocycles. The molecule has 0 saturated carbocycles. The molecule has 1 aromatic carbocycles. The summed E-state index contributed by atoms with van der Waals surface area (Å²) in [5.41, 5.74) is 5.99. The Hall–Kier alpha value is -1.30. The van der Waals surface area contributed by atoms with Crippen LogP contribution in [0.5, 0.6) is 0 Å². The molecule has 6 nitrogen and oxygen atoms in total. The molecule has 0 aromatic heterocycles. The van der Waals surface area contributed by atoms with Gasteiger partial charge < -0.3 is 11.1 Å². The first-order valence-corrected chi connectivity index (χ1v) is 9.65. The van der Waals surface area contributed by atoms with Gasteiger partial charge in [0.15, 0.2) is 0 Å². The molecule has 4 N–H and O–H groups in total. The van der Waals surface area contributed by atoms with Crippen LogP contribution >= 0.6 is 11.8 Å². The standard InChI is InChI=1S/C13H18F3N3O3S2/c1-23-7-6-11(17)12(20)19-9-2-4-10(5-3-9)24(21,22)18-8-13(14,15)16/h2-5,11,18H,6-8,17H2,1H3,(H,19,20)/t11-/m0/s1. The van der Waals surface area contributed by atoms with E-state index in [9.17, 15) is 26.4 Å². The Kier molecular flexibility index (Phi) is 7.52. The first-order valence-electron chi connectivity index (χ1n) is 6.77. The van der Waals surface area contributed by atoms with E-state index in [-0.39, 0.29) is 4.90 Å². The lowest BCUT2D eigenvalue weighted by Gasteiger charge is -2.12. The third-order valence-electron chi connectivity index (χ3n) is 2.86. The van der Waals surface area contributed by atoms with Crippen molar-refractivity contribution >= 4 is 33.4 Å². The van der Waals surface area contributed by atoms with Gasteiger partial charge in [0.2, 0.25) is 15.9 Å². The molecule has 0 unspecified atom stereocenters. The second-order valence-electron chi connectivity index (χ2n) is 4.84. The molecule has 0 spiro atoms. The molecule has 1 amide bonds. The zero-order chi connectivity index (χ0) is 18.4. The molecule has 0 heterocycles.